The molecule has 1 aliphatic rings. The number of aromatic nitrogens is 2. The molecule has 1 aliphatic heterocycles. The van der Waals surface area contributed by atoms with E-state index >= 15 is 0 Å². The van der Waals surface area contributed by atoms with Crippen LogP contribution in [0, 0.1) is 0 Å². The van der Waals surface area contributed by atoms with Crippen LogP contribution in [-0.2, 0) is 6.54 Å². The van der Waals surface area contributed by atoms with E-state index in [-0.39, 0.29) is 5.69 Å². The van der Waals surface area contributed by atoms with Crippen LogP contribution < -0.4 is 0 Å². The van der Waals surface area contributed by atoms with Gasteiger partial charge in [-0.2, -0.15) is 0 Å². The highest BCUT2D eigenvalue weighted by Gasteiger charge is 2.24. The molecular weight excluding hydrogens is 244 g/mol. The fourth-order valence-electron chi connectivity index (χ4n) is 1.15. The van der Waals surface area contributed by atoms with Crippen molar-refractivity contribution in [3.05, 3.63) is 10.3 Å². The SMILES string of the molecule is O=C(O)c1c(Br)nc2n1CCS2. The number of nitrogens with zero attached hydrogens (tertiary/aromatic N) is 2. The topological polar surface area (TPSA) is 55.1 Å². The molecule has 0 saturated heterocycles. The smallest absolute Gasteiger partial charge is 0.355 e. The van der Waals surface area contributed by atoms with Crippen molar-refractivity contribution in [1.82, 2.24) is 9.55 Å². The third kappa shape index (κ3) is 1.06. The van der Waals surface area contributed by atoms with Gasteiger partial charge in [-0.3, -0.25) is 0 Å². The van der Waals surface area contributed by atoms with Crippen molar-refractivity contribution in [2.75, 3.05) is 5.75 Å². The Kier molecular flexibility index (Phi) is 1.88. The minimum absolute atomic E-state index is 0.259. The van der Waals surface area contributed by atoms with E-state index in [0.29, 0.717) is 4.60 Å². The fourth-order valence-corrected chi connectivity index (χ4v) is 2.77. The van der Waals surface area contributed by atoms with Gasteiger partial charge < -0.3 is 9.67 Å². The molecule has 2 rings (SSSR count). The summed E-state index contributed by atoms with van der Waals surface area (Å²) in [7, 11) is 0. The highest BCUT2D eigenvalue weighted by atomic mass is 79.9. The number of hydrogen-bond donors (Lipinski definition) is 1. The molecule has 64 valence electrons. The molecule has 0 amide bonds. The Morgan fingerprint density at radius 1 is 1.75 bits per heavy atom. The highest BCUT2D eigenvalue weighted by Crippen LogP contribution is 2.30. The maximum atomic E-state index is 10.7. The lowest BCUT2D eigenvalue weighted by molar-refractivity contribution is 0.0683. The average Bonchev–Trinajstić information content (AvgIpc) is 2.44. The molecule has 4 nitrogen and oxygen atoms in total. The molecule has 0 radical (unpaired) electrons. The van der Waals surface area contributed by atoms with Crippen LogP contribution in [0.1, 0.15) is 10.5 Å². The molecule has 0 atom stereocenters. The number of rotatable bonds is 1. The molecule has 1 aromatic heterocycles. The van der Waals surface area contributed by atoms with E-state index in [1.807, 2.05) is 0 Å². The first-order chi connectivity index (χ1) is 5.70. The molecule has 2 heterocycles. The van der Waals surface area contributed by atoms with Crippen LogP contribution in [0.15, 0.2) is 9.76 Å². The minimum atomic E-state index is -0.928. The molecule has 6 heteroatoms. The van der Waals surface area contributed by atoms with Gasteiger partial charge in [0, 0.05) is 12.3 Å². The van der Waals surface area contributed by atoms with E-state index in [4.69, 9.17) is 5.11 Å². The number of carboxylic acids is 1. The number of thioether (sulfide) groups is 1. The molecule has 0 aliphatic carbocycles. The van der Waals surface area contributed by atoms with Crippen LogP contribution >= 0.6 is 27.7 Å². The lowest BCUT2D eigenvalue weighted by Crippen LogP contribution is -2.07. The van der Waals surface area contributed by atoms with Gasteiger partial charge in [-0.1, -0.05) is 11.8 Å². The normalized spacial score (nSPS) is 14.8. The van der Waals surface area contributed by atoms with E-state index in [2.05, 4.69) is 20.9 Å². The molecule has 0 bridgehead atoms. The van der Waals surface area contributed by atoms with Crippen molar-refractivity contribution in [3.63, 3.8) is 0 Å². The first kappa shape index (κ1) is 8.12. The molecule has 1 aromatic rings. The van der Waals surface area contributed by atoms with Crippen molar-refractivity contribution >= 4 is 33.7 Å². The quantitative estimate of drug-likeness (QED) is 0.818. The summed E-state index contributed by atoms with van der Waals surface area (Å²) in [5.74, 6) is -0.0151. The standard InChI is InChI=1S/C6H5BrN2O2S/c7-4-3(5(10)11)9-1-2-12-6(9)8-4/h1-2H2,(H,10,11). The Labute approximate surface area is 81.1 Å². The van der Waals surface area contributed by atoms with Crippen LogP contribution in [-0.4, -0.2) is 26.4 Å². The second kappa shape index (κ2) is 2.77. The van der Waals surface area contributed by atoms with Gasteiger partial charge in [0.1, 0.15) is 4.60 Å². The number of aromatic carboxylic acids is 1. The lowest BCUT2D eigenvalue weighted by atomic mass is 10.5. The highest BCUT2D eigenvalue weighted by molar-refractivity contribution is 9.10. The van der Waals surface area contributed by atoms with Crippen LogP contribution in [0.2, 0.25) is 0 Å². The van der Waals surface area contributed by atoms with Gasteiger partial charge in [0.15, 0.2) is 10.9 Å². The number of carbonyl (C=O) groups is 1. The molecule has 0 saturated carbocycles. The summed E-state index contributed by atoms with van der Waals surface area (Å²) in [6, 6.07) is 0. The molecular formula is C6H5BrN2O2S. The van der Waals surface area contributed by atoms with Gasteiger partial charge in [0.2, 0.25) is 0 Å². The predicted molar refractivity (Wildman–Crippen MR) is 47.6 cm³/mol. The Bertz CT molecular complexity index is 350. The van der Waals surface area contributed by atoms with E-state index < -0.39 is 5.97 Å². The Balaban J connectivity index is 2.59. The summed E-state index contributed by atoms with van der Waals surface area (Å²) in [6.07, 6.45) is 0. The van der Waals surface area contributed by atoms with Crippen molar-refractivity contribution in [2.45, 2.75) is 11.7 Å². The molecule has 0 spiro atoms. The first-order valence-corrected chi connectivity index (χ1v) is 5.10. The fraction of sp³-hybridized carbons (Fsp3) is 0.333. The zero-order valence-corrected chi connectivity index (χ0v) is 8.35. The van der Waals surface area contributed by atoms with Crippen LogP contribution in [0.25, 0.3) is 0 Å². The van der Waals surface area contributed by atoms with E-state index in [9.17, 15) is 4.79 Å². The van der Waals surface area contributed by atoms with Gasteiger partial charge in [0.25, 0.3) is 0 Å². The maximum absolute atomic E-state index is 10.7. The molecule has 0 aromatic carbocycles. The first-order valence-electron chi connectivity index (χ1n) is 3.32. The average molecular weight is 249 g/mol. The van der Waals surface area contributed by atoms with Crippen LogP contribution in [0.5, 0.6) is 0 Å². The van der Waals surface area contributed by atoms with Crippen molar-refractivity contribution < 1.29 is 9.90 Å². The zero-order valence-electron chi connectivity index (χ0n) is 5.95. The molecule has 12 heavy (non-hydrogen) atoms. The van der Waals surface area contributed by atoms with Gasteiger partial charge in [-0.05, 0) is 15.9 Å². The number of imidazole rings is 1. The molecule has 0 unspecified atom stereocenters. The Morgan fingerprint density at radius 3 is 3.17 bits per heavy atom. The van der Waals surface area contributed by atoms with Crippen molar-refractivity contribution in [1.29, 1.82) is 0 Å². The summed E-state index contributed by atoms with van der Waals surface area (Å²) in [5, 5.41) is 9.61. The summed E-state index contributed by atoms with van der Waals surface area (Å²) < 4.78 is 2.15. The van der Waals surface area contributed by atoms with E-state index in [1.54, 1.807) is 16.3 Å². The largest absolute Gasteiger partial charge is 0.476 e. The predicted octanol–water partition coefficient (Wildman–Crippen LogP) is 1.45. The van der Waals surface area contributed by atoms with Crippen molar-refractivity contribution in [3.8, 4) is 0 Å². The maximum Gasteiger partial charge on any atom is 0.355 e. The summed E-state index contributed by atoms with van der Waals surface area (Å²) in [6.45, 7) is 0.736. The number of hydrogen-bond acceptors (Lipinski definition) is 3. The Hall–Kier alpha value is -0.490. The van der Waals surface area contributed by atoms with E-state index in [0.717, 1.165) is 17.5 Å². The van der Waals surface area contributed by atoms with Gasteiger partial charge in [-0.25, -0.2) is 9.78 Å². The summed E-state index contributed by atoms with van der Waals surface area (Å²) in [5.41, 5.74) is 0.259. The number of halogens is 1. The molecule has 0 fully saturated rings. The molecule has 1 N–H and O–H groups in total. The third-order valence-electron chi connectivity index (χ3n) is 1.64. The van der Waals surface area contributed by atoms with E-state index in [1.165, 1.54) is 0 Å². The van der Waals surface area contributed by atoms with Gasteiger partial charge >= 0.3 is 5.97 Å². The van der Waals surface area contributed by atoms with Crippen LogP contribution in [0.4, 0.5) is 0 Å². The third-order valence-corrected chi connectivity index (χ3v) is 3.15. The number of fused-ring (bicyclic) bond motifs is 1. The monoisotopic (exact) mass is 248 g/mol. The second-order valence-electron chi connectivity index (χ2n) is 2.34. The van der Waals surface area contributed by atoms with Gasteiger partial charge in [0.05, 0.1) is 0 Å². The number of carboxylic acid groups (broad SMARTS) is 1. The van der Waals surface area contributed by atoms with Gasteiger partial charge in [-0.15, -0.1) is 0 Å². The van der Waals surface area contributed by atoms with Crippen molar-refractivity contribution in [2.24, 2.45) is 0 Å². The Morgan fingerprint density at radius 2 is 2.50 bits per heavy atom. The zero-order chi connectivity index (χ0) is 8.72. The lowest BCUT2D eigenvalue weighted by Gasteiger charge is -1.97. The summed E-state index contributed by atoms with van der Waals surface area (Å²) >= 11 is 4.70. The summed E-state index contributed by atoms with van der Waals surface area (Å²) in [4.78, 5) is 14.8. The second-order valence-corrected chi connectivity index (χ2v) is 4.15. The minimum Gasteiger partial charge on any atom is -0.476 e. The van der Waals surface area contributed by atoms with Crippen LogP contribution in [0.3, 0.4) is 0 Å².